The number of amides is 3. The van der Waals surface area contributed by atoms with E-state index in [-0.39, 0.29) is 35.5 Å². The molecule has 202 valence electrons. The minimum Gasteiger partial charge on any atom is -0.493 e. The van der Waals surface area contributed by atoms with Crippen molar-refractivity contribution in [3.8, 4) is 11.5 Å². The Morgan fingerprint density at radius 3 is 2.63 bits per heavy atom. The van der Waals surface area contributed by atoms with Crippen LogP contribution in [0.3, 0.4) is 0 Å². The lowest BCUT2D eigenvalue weighted by atomic mass is 10.0. The first-order valence-electron chi connectivity index (χ1n) is 11.8. The number of nitrogen functional groups attached to an aromatic ring is 1. The SMILES string of the molecule is COc1ccc([C@H](C(=O)NC[C@H]2CCCO2)N(Cc2ccco2)C(=O)c2snc(C(N)=O)c2N)cc1OC. The molecule has 0 aliphatic carbocycles. The highest BCUT2D eigenvalue weighted by Gasteiger charge is 2.36. The predicted octanol–water partition coefficient (Wildman–Crippen LogP) is 2.11. The second-order valence-electron chi connectivity index (χ2n) is 8.55. The van der Waals surface area contributed by atoms with Gasteiger partial charge in [-0.3, -0.25) is 14.4 Å². The maximum Gasteiger partial charge on any atom is 0.270 e. The van der Waals surface area contributed by atoms with E-state index in [1.807, 2.05) is 0 Å². The number of carbonyl (C=O) groups excluding carboxylic acids is 3. The molecule has 1 aliphatic rings. The average molecular weight is 544 g/mol. The summed E-state index contributed by atoms with van der Waals surface area (Å²) < 4.78 is 25.9. The van der Waals surface area contributed by atoms with Crippen molar-refractivity contribution in [3.63, 3.8) is 0 Å². The zero-order chi connectivity index (χ0) is 27.2. The summed E-state index contributed by atoms with van der Waals surface area (Å²) in [5.74, 6) is -0.686. The molecule has 3 heterocycles. The summed E-state index contributed by atoms with van der Waals surface area (Å²) >= 11 is 0.731. The predicted molar refractivity (Wildman–Crippen MR) is 138 cm³/mol. The zero-order valence-corrected chi connectivity index (χ0v) is 21.8. The van der Waals surface area contributed by atoms with Gasteiger partial charge >= 0.3 is 0 Å². The van der Waals surface area contributed by atoms with E-state index in [4.69, 9.17) is 30.1 Å². The van der Waals surface area contributed by atoms with Crippen LogP contribution >= 0.6 is 11.5 Å². The molecule has 1 aliphatic heterocycles. The van der Waals surface area contributed by atoms with Gasteiger partial charge in [0, 0.05) is 13.2 Å². The van der Waals surface area contributed by atoms with Crippen molar-refractivity contribution in [2.45, 2.75) is 31.5 Å². The Morgan fingerprint density at radius 2 is 2.03 bits per heavy atom. The Kier molecular flexibility index (Phi) is 8.48. The number of ether oxygens (including phenoxy) is 3. The van der Waals surface area contributed by atoms with Gasteiger partial charge < -0.3 is 40.3 Å². The number of nitrogens with one attached hydrogen (secondary N) is 1. The fraction of sp³-hybridized carbons (Fsp3) is 0.360. The Balaban J connectivity index is 1.78. The minimum absolute atomic E-state index is 0.0252. The molecule has 5 N–H and O–H groups in total. The number of nitrogens with two attached hydrogens (primary N) is 2. The fourth-order valence-electron chi connectivity index (χ4n) is 4.22. The lowest BCUT2D eigenvalue weighted by molar-refractivity contribution is -0.126. The number of rotatable bonds is 11. The van der Waals surface area contributed by atoms with Crippen molar-refractivity contribution < 1.29 is 33.0 Å². The molecule has 1 fully saturated rings. The second-order valence-corrected chi connectivity index (χ2v) is 9.32. The first-order chi connectivity index (χ1) is 18.3. The Morgan fingerprint density at radius 1 is 1.24 bits per heavy atom. The second kappa shape index (κ2) is 12.0. The van der Waals surface area contributed by atoms with Crippen LogP contribution in [0, 0.1) is 0 Å². The highest BCUT2D eigenvalue weighted by Crippen LogP contribution is 2.35. The van der Waals surface area contributed by atoms with Crippen LogP contribution in [-0.2, 0) is 16.1 Å². The summed E-state index contributed by atoms with van der Waals surface area (Å²) in [5, 5.41) is 2.92. The van der Waals surface area contributed by atoms with E-state index in [2.05, 4.69) is 9.69 Å². The largest absolute Gasteiger partial charge is 0.493 e. The first kappa shape index (κ1) is 26.9. The molecule has 1 saturated heterocycles. The number of benzene rings is 1. The average Bonchev–Trinajstić information content (AvgIpc) is 3.69. The summed E-state index contributed by atoms with van der Waals surface area (Å²) in [6, 6.07) is 7.16. The number of methoxy groups -OCH3 is 2. The van der Waals surface area contributed by atoms with Gasteiger partial charge in [0.15, 0.2) is 17.2 Å². The molecule has 13 heteroatoms. The molecule has 4 rings (SSSR count). The van der Waals surface area contributed by atoms with Crippen LogP contribution in [0.2, 0.25) is 0 Å². The number of hydrogen-bond donors (Lipinski definition) is 3. The molecule has 2 aromatic heterocycles. The molecule has 3 aromatic rings. The van der Waals surface area contributed by atoms with Crippen LogP contribution in [0.4, 0.5) is 5.69 Å². The van der Waals surface area contributed by atoms with Crippen LogP contribution in [0.5, 0.6) is 11.5 Å². The smallest absolute Gasteiger partial charge is 0.270 e. The van der Waals surface area contributed by atoms with E-state index in [0.29, 0.717) is 29.4 Å². The molecule has 12 nitrogen and oxygen atoms in total. The van der Waals surface area contributed by atoms with Crippen LogP contribution in [0.1, 0.15) is 50.4 Å². The van der Waals surface area contributed by atoms with E-state index < -0.39 is 23.8 Å². The van der Waals surface area contributed by atoms with Crippen molar-refractivity contribution >= 4 is 34.9 Å². The number of aromatic nitrogens is 1. The third kappa shape index (κ3) is 5.73. The number of nitrogens with zero attached hydrogens (tertiary/aromatic N) is 2. The molecule has 38 heavy (non-hydrogen) atoms. The van der Waals surface area contributed by atoms with Gasteiger partial charge in [-0.25, -0.2) is 0 Å². The van der Waals surface area contributed by atoms with Gasteiger partial charge in [0.25, 0.3) is 11.8 Å². The van der Waals surface area contributed by atoms with E-state index >= 15 is 0 Å². The quantitative estimate of drug-likeness (QED) is 0.327. The highest BCUT2D eigenvalue weighted by molar-refractivity contribution is 7.09. The number of furan rings is 1. The maximum absolute atomic E-state index is 13.9. The van der Waals surface area contributed by atoms with Gasteiger partial charge in [-0.2, -0.15) is 4.37 Å². The van der Waals surface area contributed by atoms with Crippen LogP contribution in [-0.4, -0.2) is 60.5 Å². The molecule has 0 saturated carbocycles. The van der Waals surface area contributed by atoms with Crippen LogP contribution in [0.25, 0.3) is 0 Å². The van der Waals surface area contributed by atoms with Gasteiger partial charge in [0.2, 0.25) is 5.91 Å². The van der Waals surface area contributed by atoms with E-state index in [1.165, 1.54) is 25.4 Å². The highest BCUT2D eigenvalue weighted by atomic mass is 32.1. The fourth-order valence-corrected chi connectivity index (χ4v) is 4.98. The molecular formula is C25H29N5O7S. The Hall–Kier alpha value is -4.10. The summed E-state index contributed by atoms with van der Waals surface area (Å²) in [6.45, 7) is 0.830. The molecule has 0 spiro atoms. The summed E-state index contributed by atoms with van der Waals surface area (Å²) in [6.07, 6.45) is 3.08. The van der Waals surface area contributed by atoms with Crippen molar-refractivity contribution in [2.75, 3.05) is 33.1 Å². The van der Waals surface area contributed by atoms with Gasteiger partial charge in [-0.05, 0) is 54.2 Å². The number of carbonyl (C=O) groups is 3. The minimum atomic E-state index is -1.15. The topological polar surface area (TPSA) is 172 Å². The number of anilines is 1. The molecule has 3 amide bonds. The first-order valence-corrected chi connectivity index (χ1v) is 12.6. The number of primary amides is 1. The lowest BCUT2D eigenvalue weighted by Gasteiger charge is -2.31. The maximum atomic E-state index is 13.9. The third-order valence-corrected chi connectivity index (χ3v) is 6.99. The van der Waals surface area contributed by atoms with E-state index in [0.717, 1.165) is 24.4 Å². The van der Waals surface area contributed by atoms with Crippen molar-refractivity contribution in [1.82, 2.24) is 14.6 Å². The molecular weight excluding hydrogens is 514 g/mol. The Bertz CT molecular complexity index is 1290. The van der Waals surface area contributed by atoms with Crippen LogP contribution in [0.15, 0.2) is 41.0 Å². The normalized spacial score (nSPS) is 15.6. The Labute approximate surface area is 223 Å². The lowest BCUT2D eigenvalue weighted by Crippen LogP contribution is -2.45. The standard InChI is InChI=1S/C25H29N5O7S/c1-34-17-8-7-14(11-18(17)35-2)21(24(32)28-12-15-5-3-9-36-15)30(13-16-6-4-10-37-16)25(33)22-19(26)20(23(27)31)29-38-22/h4,6-8,10-11,15,21H,3,5,9,12-13,26H2,1-2H3,(H2,27,31)(H,28,32)/t15-,21-/m1/s1. The monoisotopic (exact) mass is 543 g/mol. The zero-order valence-electron chi connectivity index (χ0n) is 21.0. The number of hydrogen-bond acceptors (Lipinski definition) is 10. The summed E-state index contributed by atoms with van der Waals surface area (Å²) in [5.41, 5.74) is 11.5. The van der Waals surface area contributed by atoms with Crippen molar-refractivity contribution in [3.05, 3.63) is 58.5 Å². The van der Waals surface area contributed by atoms with E-state index in [1.54, 1.807) is 30.3 Å². The van der Waals surface area contributed by atoms with Crippen LogP contribution < -0.4 is 26.3 Å². The summed E-state index contributed by atoms with van der Waals surface area (Å²) in [7, 11) is 2.97. The van der Waals surface area contributed by atoms with E-state index in [9.17, 15) is 14.4 Å². The van der Waals surface area contributed by atoms with Gasteiger partial charge in [0.05, 0.1) is 38.8 Å². The molecule has 1 aromatic carbocycles. The molecule has 2 atom stereocenters. The van der Waals surface area contributed by atoms with Crippen molar-refractivity contribution in [1.29, 1.82) is 0 Å². The van der Waals surface area contributed by atoms with Gasteiger partial charge in [0.1, 0.15) is 16.7 Å². The molecule has 0 unspecified atom stereocenters. The van der Waals surface area contributed by atoms with Gasteiger partial charge in [-0.1, -0.05) is 6.07 Å². The summed E-state index contributed by atoms with van der Waals surface area (Å²) in [4.78, 5) is 40.7. The molecule has 0 radical (unpaired) electrons. The third-order valence-electron chi connectivity index (χ3n) is 6.13. The molecule has 0 bridgehead atoms. The van der Waals surface area contributed by atoms with Crippen molar-refractivity contribution in [2.24, 2.45) is 5.73 Å². The van der Waals surface area contributed by atoms with Gasteiger partial charge in [-0.15, -0.1) is 0 Å².